The monoisotopic (exact) mass is 338 g/mol. The van der Waals surface area contributed by atoms with Gasteiger partial charge in [0.05, 0.1) is 5.02 Å². The molecule has 114 valence electrons. The van der Waals surface area contributed by atoms with Crippen LogP contribution < -0.4 is 11.3 Å². The van der Waals surface area contributed by atoms with E-state index < -0.39 is 10.0 Å². The summed E-state index contributed by atoms with van der Waals surface area (Å²) in [6.07, 6.45) is 3.93. The van der Waals surface area contributed by atoms with Crippen LogP contribution in [0.1, 0.15) is 13.3 Å². The Hall–Kier alpha value is -0.540. The van der Waals surface area contributed by atoms with Crippen LogP contribution in [0, 0.1) is 0 Å². The van der Waals surface area contributed by atoms with Gasteiger partial charge >= 0.3 is 0 Å². The SMILES string of the molecule is CCC(CSC)N(C)S(=O)(=O)c1cnc(NN)c(Cl)c1. The summed E-state index contributed by atoms with van der Waals surface area (Å²) in [6, 6.07) is 1.28. The first-order chi connectivity index (χ1) is 9.38. The molecule has 1 heterocycles. The first-order valence-electron chi connectivity index (χ1n) is 5.97. The van der Waals surface area contributed by atoms with Crippen molar-refractivity contribution in [1.82, 2.24) is 9.29 Å². The second kappa shape index (κ2) is 7.46. The van der Waals surface area contributed by atoms with Gasteiger partial charge in [0.2, 0.25) is 10.0 Å². The van der Waals surface area contributed by atoms with Crippen LogP contribution in [-0.2, 0) is 10.0 Å². The highest BCUT2D eigenvalue weighted by Crippen LogP contribution is 2.25. The molecule has 1 aromatic rings. The molecular weight excluding hydrogens is 320 g/mol. The number of halogens is 1. The van der Waals surface area contributed by atoms with Gasteiger partial charge in [-0.2, -0.15) is 16.1 Å². The van der Waals surface area contributed by atoms with Gasteiger partial charge in [-0.3, -0.25) is 0 Å². The lowest BCUT2D eigenvalue weighted by atomic mass is 10.3. The minimum absolute atomic E-state index is 0.0588. The van der Waals surface area contributed by atoms with Crippen molar-refractivity contribution in [3.8, 4) is 0 Å². The minimum atomic E-state index is -3.62. The van der Waals surface area contributed by atoms with Crippen LogP contribution in [0.15, 0.2) is 17.2 Å². The second-order valence-corrected chi connectivity index (χ2v) is 7.50. The molecule has 1 rings (SSSR count). The maximum Gasteiger partial charge on any atom is 0.244 e. The number of aromatic nitrogens is 1. The van der Waals surface area contributed by atoms with E-state index >= 15 is 0 Å². The molecule has 1 atom stereocenters. The van der Waals surface area contributed by atoms with Crippen molar-refractivity contribution >= 4 is 39.2 Å². The van der Waals surface area contributed by atoms with Gasteiger partial charge in [0.25, 0.3) is 0 Å². The minimum Gasteiger partial charge on any atom is -0.307 e. The molecule has 0 spiro atoms. The summed E-state index contributed by atoms with van der Waals surface area (Å²) in [5.41, 5.74) is 2.30. The fraction of sp³-hybridized carbons (Fsp3) is 0.545. The van der Waals surface area contributed by atoms with Gasteiger partial charge in [-0.15, -0.1) is 0 Å². The number of pyridine rings is 1. The molecule has 1 aromatic heterocycles. The maximum atomic E-state index is 12.5. The first kappa shape index (κ1) is 17.5. The van der Waals surface area contributed by atoms with Crippen molar-refractivity contribution < 1.29 is 8.42 Å². The van der Waals surface area contributed by atoms with Crippen molar-refractivity contribution in [2.45, 2.75) is 24.3 Å². The van der Waals surface area contributed by atoms with Crippen molar-refractivity contribution in [2.75, 3.05) is 24.5 Å². The Balaban J connectivity index is 3.12. The van der Waals surface area contributed by atoms with Gasteiger partial charge in [0.15, 0.2) is 5.82 Å². The first-order valence-corrected chi connectivity index (χ1v) is 9.18. The third kappa shape index (κ3) is 3.76. The smallest absolute Gasteiger partial charge is 0.244 e. The molecule has 1 unspecified atom stereocenters. The van der Waals surface area contributed by atoms with Gasteiger partial charge in [-0.05, 0) is 18.7 Å². The fourth-order valence-corrected chi connectivity index (χ4v) is 4.33. The molecule has 9 heteroatoms. The Bertz CT molecular complexity index is 553. The van der Waals surface area contributed by atoms with E-state index in [1.165, 1.54) is 16.6 Å². The normalized spacial score (nSPS) is 13.5. The van der Waals surface area contributed by atoms with Crippen LogP contribution in [0.4, 0.5) is 5.82 Å². The van der Waals surface area contributed by atoms with Crippen molar-refractivity contribution in [1.29, 1.82) is 0 Å². The lowest BCUT2D eigenvalue weighted by Crippen LogP contribution is -2.38. The summed E-state index contributed by atoms with van der Waals surface area (Å²) >= 11 is 7.53. The predicted octanol–water partition coefficient (Wildman–Crippen LogP) is 1.78. The molecule has 20 heavy (non-hydrogen) atoms. The molecule has 0 saturated carbocycles. The summed E-state index contributed by atoms with van der Waals surface area (Å²) in [5, 5.41) is 0.167. The molecule has 0 bridgehead atoms. The highest BCUT2D eigenvalue weighted by atomic mass is 35.5. The highest BCUT2D eigenvalue weighted by molar-refractivity contribution is 7.98. The summed E-state index contributed by atoms with van der Waals surface area (Å²) < 4.78 is 26.4. The number of rotatable bonds is 7. The van der Waals surface area contributed by atoms with E-state index in [0.717, 1.165) is 12.2 Å². The largest absolute Gasteiger partial charge is 0.307 e. The maximum absolute atomic E-state index is 12.5. The van der Waals surface area contributed by atoms with Gasteiger partial charge in [0, 0.05) is 25.0 Å². The summed E-state index contributed by atoms with van der Waals surface area (Å²) in [7, 11) is -2.04. The molecule has 0 fully saturated rings. The lowest BCUT2D eigenvalue weighted by Gasteiger charge is -2.26. The lowest BCUT2D eigenvalue weighted by molar-refractivity contribution is 0.385. The van der Waals surface area contributed by atoms with Crippen LogP contribution >= 0.6 is 23.4 Å². The molecule has 0 aliphatic rings. The van der Waals surface area contributed by atoms with Crippen molar-refractivity contribution in [3.63, 3.8) is 0 Å². The number of hydrogen-bond acceptors (Lipinski definition) is 6. The zero-order valence-corrected chi connectivity index (χ0v) is 14.0. The van der Waals surface area contributed by atoms with Crippen LogP contribution in [0.25, 0.3) is 0 Å². The topological polar surface area (TPSA) is 88.3 Å². The fourth-order valence-electron chi connectivity index (χ4n) is 1.70. The van der Waals surface area contributed by atoms with E-state index in [1.807, 2.05) is 13.2 Å². The van der Waals surface area contributed by atoms with E-state index in [-0.39, 0.29) is 21.8 Å². The molecule has 6 nitrogen and oxygen atoms in total. The third-order valence-electron chi connectivity index (χ3n) is 2.97. The van der Waals surface area contributed by atoms with Gasteiger partial charge < -0.3 is 5.43 Å². The van der Waals surface area contributed by atoms with Crippen molar-refractivity contribution in [3.05, 3.63) is 17.3 Å². The second-order valence-electron chi connectivity index (χ2n) is 4.18. The van der Waals surface area contributed by atoms with Crippen LogP contribution in [0.5, 0.6) is 0 Å². The number of nitrogens with zero attached hydrogens (tertiary/aromatic N) is 2. The number of thioether (sulfide) groups is 1. The van der Waals surface area contributed by atoms with E-state index in [0.29, 0.717) is 0 Å². The Morgan fingerprint density at radius 1 is 1.60 bits per heavy atom. The molecule has 0 aliphatic carbocycles. The van der Waals surface area contributed by atoms with Crippen LogP contribution in [-0.4, -0.2) is 42.8 Å². The quantitative estimate of drug-likeness (QED) is 0.582. The van der Waals surface area contributed by atoms with E-state index in [1.54, 1.807) is 18.8 Å². The number of nitrogens with two attached hydrogens (primary N) is 1. The zero-order chi connectivity index (χ0) is 15.3. The predicted molar refractivity (Wildman–Crippen MR) is 84.5 cm³/mol. The molecular formula is C11H19ClN4O2S2. The third-order valence-corrected chi connectivity index (χ3v) is 5.86. The highest BCUT2D eigenvalue weighted by Gasteiger charge is 2.27. The molecule has 0 saturated heterocycles. The Morgan fingerprint density at radius 3 is 2.70 bits per heavy atom. The summed E-state index contributed by atoms with van der Waals surface area (Å²) in [6.45, 7) is 1.96. The number of hydrogen-bond donors (Lipinski definition) is 2. The van der Waals surface area contributed by atoms with Crippen molar-refractivity contribution in [2.24, 2.45) is 5.84 Å². The standard InChI is InChI=1S/C11H19ClN4O2S2/c1-4-8(7-19-3)16(2)20(17,18)9-5-10(12)11(15-13)14-6-9/h5-6,8H,4,7,13H2,1-3H3,(H,14,15). The Labute approximate surface area is 129 Å². The average Bonchev–Trinajstić information content (AvgIpc) is 2.43. The summed E-state index contributed by atoms with van der Waals surface area (Å²) in [4.78, 5) is 3.96. The molecule has 0 radical (unpaired) electrons. The van der Waals surface area contributed by atoms with Gasteiger partial charge in [0.1, 0.15) is 4.90 Å². The molecule has 0 amide bonds. The Morgan fingerprint density at radius 2 is 2.25 bits per heavy atom. The van der Waals surface area contributed by atoms with E-state index in [2.05, 4.69) is 10.4 Å². The molecule has 0 aliphatic heterocycles. The Kier molecular flexibility index (Phi) is 6.53. The van der Waals surface area contributed by atoms with Crippen LogP contribution in [0.2, 0.25) is 5.02 Å². The number of anilines is 1. The van der Waals surface area contributed by atoms with Gasteiger partial charge in [-0.25, -0.2) is 19.2 Å². The number of hydrazine groups is 1. The van der Waals surface area contributed by atoms with E-state index in [9.17, 15) is 8.42 Å². The number of sulfonamides is 1. The summed E-state index contributed by atoms with van der Waals surface area (Å²) in [5.74, 6) is 6.19. The average molecular weight is 339 g/mol. The molecule has 3 N–H and O–H groups in total. The molecule has 0 aromatic carbocycles. The van der Waals surface area contributed by atoms with E-state index in [4.69, 9.17) is 17.4 Å². The number of nitrogen functional groups attached to an aromatic ring is 1. The van der Waals surface area contributed by atoms with Crippen LogP contribution in [0.3, 0.4) is 0 Å². The zero-order valence-electron chi connectivity index (χ0n) is 11.6. The van der Waals surface area contributed by atoms with Gasteiger partial charge in [-0.1, -0.05) is 18.5 Å². The number of nitrogens with one attached hydrogen (secondary N) is 1.